The molecule has 26 heavy (non-hydrogen) atoms. The zero-order valence-corrected chi connectivity index (χ0v) is 19.4. The Morgan fingerprint density at radius 3 is 1.88 bits per heavy atom. The van der Waals surface area contributed by atoms with Crippen LogP contribution in [0.2, 0.25) is 0 Å². The van der Waals surface area contributed by atoms with Crippen molar-refractivity contribution in [2.24, 2.45) is 0 Å². The second kappa shape index (κ2) is 14.7. The van der Waals surface area contributed by atoms with E-state index in [-0.39, 0.29) is 0 Å². The van der Waals surface area contributed by atoms with Crippen LogP contribution in [0, 0.1) is 0 Å². The number of rotatable bonds is 15. The molecular weight excluding hydrogens is 331 g/mol. The van der Waals surface area contributed by atoms with Gasteiger partial charge in [-0.1, -0.05) is 93.9 Å². The Kier molecular flexibility index (Phi) is 13.4. The Bertz CT molecular complexity index is 477. The molecule has 0 aliphatic rings. The molecule has 0 aliphatic carbocycles. The summed E-state index contributed by atoms with van der Waals surface area (Å²) in [6.45, 7) is 11.8. The van der Waals surface area contributed by atoms with E-state index in [4.69, 9.17) is 0 Å². The lowest BCUT2D eigenvalue weighted by atomic mass is 9.91. The highest BCUT2D eigenvalue weighted by Gasteiger charge is 2.15. The molecule has 1 aromatic carbocycles. The molecule has 0 nitrogen and oxygen atoms in total. The predicted octanol–water partition coefficient (Wildman–Crippen LogP) is 7.99. The third kappa shape index (κ3) is 8.56. The van der Waals surface area contributed by atoms with Crippen LogP contribution in [0.1, 0.15) is 116 Å². The largest absolute Gasteiger partial charge is 0.0872 e. The second-order valence-corrected chi connectivity index (χ2v) is 9.89. The zero-order chi connectivity index (χ0) is 19.2. The number of benzene rings is 1. The van der Waals surface area contributed by atoms with Crippen LogP contribution >= 0.6 is 8.58 Å². The quantitative estimate of drug-likeness (QED) is 0.215. The maximum atomic E-state index is 2.51. The van der Waals surface area contributed by atoms with Gasteiger partial charge in [-0.2, -0.15) is 0 Å². The van der Waals surface area contributed by atoms with E-state index in [2.05, 4.69) is 46.8 Å². The zero-order valence-electron chi connectivity index (χ0n) is 18.4. The van der Waals surface area contributed by atoms with Gasteiger partial charge in [-0.25, -0.2) is 0 Å². The summed E-state index contributed by atoms with van der Waals surface area (Å²) in [5.74, 6) is 0. The van der Waals surface area contributed by atoms with Crippen LogP contribution < -0.4 is 5.30 Å². The maximum absolute atomic E-state index is 2.51. The minimum Gasteiger partial charge on any atom is -0.0872 e. The molecule has 2 atom stereocenters. The molecule has 1 rings (SSSR count). The van der Waals surface area contributed by atoms with E-state index in [1.54, 1.807) is 22.0 Å². The molecule has 1 aromatic rings. The van der Waals surface area contributed by atoms with Gasteiger partial charge in [-0.05, 0) is 72.6 Å². The molecule has 0 fully saturated rings. The van der Waals surface area contributed by atoms with Gasteiger partial charge in [0.15, 0.2) is 0 Å². The fraction of sp³-hybridized carbons (Fsp3) is 0.760. The van der Waals surface area contributed by atoms with Gasteiger partial charge in [0.05, 0.1) is 0 Å². The van der Waals surface area contributed by atoms with Crippen molar-refractivity contribution in [3.05, 3.63) is 28.8 Å². The maximum Gasteiger partial charge on any atom is -0.0225 e. The Hall–Kier alpha value is -0.350. The molecule has 0 spiro atoms. The lowest BCUT2D eigenvalue weighted by Crippen LogP contribution is -2.15. The van der Waals surface area contributed by atoms with Gasteiger partial charge in [0, 0.05) is 0 Å². The molecule has 0 aromatic heterocycles. The van der Waals surface area contributed by atoms with E-state index in [0.717, 1.165) is 14.2 Å². The Labute approximate surface area is 166 Å². The average molecular weight is 377 g/mol. The minimum absolute atomic E-state index is 0.849. The second-order valence-electron chi connectivity index (χ2n) is 8.08. The highest BCUT2D eigenvalue weighted by atomic mass is 31.1. The summed E-state index contributed by atoms with van der Waals surface area (Å²) in [6.07, 6.45) is 17.4. The van der Waals surface area contributed by atoms with Crippen molar-refractivity contribution < 1.29 is 0 Å². The minimum atomic E-state index is 0.849. The number of hydrogen-bond donors (Lipinski definition) is 0. The van der Waals surface area contributed by atoms with Gasteiger partial charge in [-0.15, -0.1) is 0 Å². The van der Waals surface area contributed by atoms with Crippen molar-refractivity contribution in [2.75, 3.05) is 0 Å². The van der Waals surface area contributed by atoms with E-state index < -0.39 is 0 Å². The first-order valence-electron chi connectivity index (χ1n) is 11.6. The first-order valence-corrected chi connectivity index (χ1v) is 12.7. The summed E-state index contributed by atoms with van der Waals surface area (Å²) in [5, 5.41) is 1.70. The van der Waals surface area contributed by atoms with Gasteiger partial charge >= 0.3 is 0 Å². The normalized spacial score (nSPS) is 13.0. The lowest BCUT2D eigenvalue weighted by molar-refractivity contribution is 0.663. The third-order valence-electron chi connectivity index (χ3n) is 5.53. The summed E-state index contributed by atoms with van der Waals surface area (Å²) in [7, 11) is 1.000. The Morgan fingerprint density at radius 1 is 0.692 bits per heavy atom. The Balaban J connectivity index is 3.05. The predicted molar refractivity (Wildman–Crippen MR) is 124 cm³/mol. The van der Waals surface area contributed by atoms with Gasteiger partial charge in [0.2, 0.25) is 0 Å². The summed E-state index contributed by atoms with van der Waals surface area (Å²) in [6, 6.07) is 5.01. The molecule has 0 amide bonds. The first-order chi connectivity index (χ1) is 12.7. The summed E-state index contributed by atoms with van der Waals surface area (Å²) < 4.78 is 0. The van der Waals surface area contributed by atoms with Gasteiger partial charge in [0.25, 0.3) is 0 Å². The molecule has 0 bridgehead atoms. The fourth-order valence-corrected chi connectivity index (χ4v) is 5.33. The highest BCUT2D eigenvalue weighted by molar-refractivity contribution is 7.48. The standard InChI is InChI=1S/C25H45P/c1-6-10-14-15-21(5)26-25-20-19-22(16-11-7-2)23(17-12-8-3)24(25)18-13-9-4/h19-21,26H,6-18H2,1-5H3. The fourth-order valence-electron chi connectivity index (χ4n) is 3.82. The van der Waals surface area contributed by atoms with E-state index in [1.807, 2.05) is 0 Å². The van der Waals surface area contributed by atoms with Crippen molar-refractivity contribution in [1.29, 1.82) is 0 Å². The number of hydrogen-bond acceptors (Lipinski definition) is 0. The number of aryl methyl sites for hydroxylation is 1. The Morgan fingerprint density at radius 2 is 1.27 bits per heavy atom. The first kappa shape index (κ1) is 23.7. The lowest BCUT2D eigenvalue weighted by Gasteiger charge is -2.21. The topological polar surface area (TPSA) is 0 Å². The van der Waals surface area contributed by atoms with Gasteiger partial charge in [-0.3, -0.25) is 0 Å². The van der Waals surface area contributed by atoms with Crippen LogP contribution in [-0.2, 0) is 19.3 Å². The molecule has 1 heteroatoms. The molecular formula is C25H45P. The number of unbranched alkanes of at least 4 members (excludes halogenated alkanes) is 5. The van der Waals surface area contributed by atoms with Crippen LogP contribution in [0.3, 0.4) is 0 Å². The average Bonchev–Trinajstić information content (AvgIpc) is 2.64. The van der Waals surface area contributed by atoms with Crippen molar-refractivity contribution in [1.82, 2.24) is 0 Å². The van der Waals surface area contributed by atoms with E-state index >= 15 is 0 Å². The SMILES string of the molecule is CCCCCC(C)Pc1ccc(CCCC)c(CCCC)c1CCCC. The molecule has 0 N–H and O–H groups in total. The van der Waals surface area contributed by atoms with E-state index in [9.17, 15) is 0 Å². The third-order valence-corrected chi connectivity index (χ3v) is 7.09. The molecule has 0 saturated heterocycles. The molecule has 0 saturated carbocycles. The van der Waals surface area contributed by atoms with Crippen LogP contribution in [0.4, 0.5) is 0 Å². The summed E-state index contributed by atoms with van der Waals surface area (Å²) in [4.78, 5) is 0. The van der Waals surface area contributed by atoms with Crippen molar-refractivity contribution >= 4 is 13.9 Å². The van der Waals surface area contributed by atoms with Crippen molar-refractivity contribution in [2.45, 2.75) is 124 Å². The van der Waals surface area contributed by atoms with Crippen molar-refractivity contribution in [3.63, 3.8) is 0 Å². The molecule has 0 radical (unpaired) electrons. The smallest absolute Gasteiger partial charge is 0.0225 e. The highest BCUT2D eigenvalue weighted by Crippen LogP contribution is 2.29. The van der Waals surface area contributed by atoms with Gasteiger partial charge < -0.3 is 0 Å². The van der Waals surface area contributed by atoms with E-state index in [0.29, 0.717) is 0 Å². The molecule has 2 unspecified atom stereocenters. The van der Waals surface area contributed by atoms with Crippen LogP contribution in [0.5, 0.6) is 0 Å². The van der Waals surface area contributed by atoms with Crippen LogP contribution in [0.25, 0.3) is 0 Å². The molecule has 150 valence electrons. The molecule has 0 heterocycles. The van der Waals surface area contributed by atoms with Crippen molar-refractivity contribution in [3.8, 4) is 0 Å². The van der Waals surface area contributed by atoms with Gasteiger partial charge in [0.1, 0.15) is 0 Å². The van der Waals surface area contributed by atoms with Crippen LogP contribution in [0.15, 0.2) is 12.1 Å². The monoisotopic (exact) mass is 376 g/mol. The van der Waals surface area contributed by atoms with Crippen LogP contribution in [-0.4, -0.2) is 5.66 Å². The van der Waals surface area contributed by atoms with E-state index in [1.165, 1.54) is 83.5 Å². The molecule has 0 aliphatic heterocycles. The summed E-state index contributed by atoms with van der Waals surface area (Å²) in [5.41, 5.74) is 6.02. The summed E-state index contributed by atoms with van der Waals surface area (Å²) >= 11 is 0.